The lowest BCUT2D eigenvalue weighted by molar-refractivity contribution is 0.284. The summed E-state index contributed by atoms with van der Waals surface area (Å²) in [7, 11) is -1.10. The zero-order chi connectivity index (χ0) is 18.0. The fourth-order valence-corrected chi connectivity index (χ4v) is 5.12. The van der Waals surface area contributed by atoms with Gasteiger partial charge in [-0.25, -0.2) is 12.7 Å². The highest BCUT2D eigenvalue weighted by atomic mass is 35.5. The summed E-state index contributed by atoms with van der Waals surface area (Å²) < 4.78 is 26.2. The summed E-state index contributed by atoms with van der Waals surface area (Å²) in [5, 5.41) is 4.08. The number of likely N-dealkylation sites (N-methyl/N-ethyl adjacent to an activating group) is 1. The van der Waals surface area contributed by atoms with Gasteiger partial charge in [0.15, 0.2) is 0 Å². The van der Waals surface area contributed by atoms with Crippen LogP contribution in [0.15, 0.2) is 18.2 Å². The third-order valence-corrected chi connectivity index (χ3v) is 6.96. The van der Waals surface area contributed by atoms with Crippen molar-refractivity contribution in [2.45, 2.75) is 25.2 Å². The summed E-state index contributed by atoms with van der Waals surface area (Å²) in [5.74, 6) is 0.792. The van der Waals surface area contributed by atoms with Crippen LogP contribution in [0.25, 0.3) is 0 Å². The van der Waals surface area contributed by atoms with Crippen LogP contribution in [0.4, 0.5) is 5.69 Å². The Kier molecular flexibility index (Phi) is 5.93. The van der Waals surface area contributed by atoms with E-state index < -0.39 is 10.0 Å². The highest BCUT2D eigenvalue weighted by Gasteiger charge is 2.29. The van der Waals surface area contributed by atoms with Gasteiger partial charge in [-0.2, -0.15) is 0 Å². The third kappa shape index (κ3) is 4.67. The van der Waals surface area contributed by atoms with E-state index in [1.54, 1.807) is 4.31 Å². The van der Waals surface area contributed by atoms with Crippen molar-refractivity contribution < 1.29 is 8.42 Å². The summed E-state index contributed by atoms with van der Waals surface area (Å²) in [6, 6.07) is 6.00. The van der Waals surface area contributed by atoms with Gasteiger partial charge >= 0.3 is 0 Å². The summed E-state index contributed by atoms with van der Waals surface area (Å²) in [6.45, 7) is 4.11. The SMILES string of the molecule is CN1CC(CCN(CC2CCNCC2)S(C)(=O)=O)c2cc(Cl)ccc21. The molecule has 0 spiro atoms. The minimum Gasteiger partial charge on any atom is -0.374 e. The van der Waals surface area contributed by atoms with Crippen LogP contribution in [0.1, 0.15) is 30.7 Å². The first kappa shape index (κ1) is 19.0. The summed E-state index contributed by atoms with van der Waals surface area (Å²) in [6.07, 6.45) is 4.27. The van der Waals surface area contributed by atoms with Gasteiger partial charge in [0, 0.05) is 43.3 Å². The number of hydrogen-bond donors (Lipinski definition) is 1. The van der Waals surface area contributed by atoms with Gasteiger partial charge in [0.05, 0.1) is 6.26 Å². The molecule has 0 aromatic heterocycles. The molecular formula is C18H28ClN3O2S. The molecule has 0 bridgehead atoms. The number of piperidine rings is 1. The van der Waals surface area contributed by atoms with Crippen LogP contribution in [0.3, 0.4) is 0 Å². The molecule has 2 aliphatic rings. The van der Waals surface area contributed by atoms with Gasteiger partial charge < -0.3 is 10.2 Å². The molecule has 140 valence electrons. The van der Waals surface area contributed by atoms with E-state index in [1.807, 2.05) is 12.1 Å². The van der Waals surface area contributed by atoms with Crippen molar-refractivity contribution in [3.63, 3.8) is 0 Å². The molecule has 2 heterocycles. The Morgan fingerprint density at radius 1 is 1.32 bits per heavy atom. The highest BCUT2D eigenvalue weighted by Crippen LogP contribution is 2.38. The zero-order valence-electron chi connectivity index (χ0n) is 15.0. The molecule has 25 heavy (non-hydrogen) atoms. The van der Waals surface area contributed by atoms with Crippen molar-refractivity contribution in [2.24, 2.45) is 5.92 Å². The Labute approximate surface area is 156 Å². The largest absolute Gasteiger partial charge is 0.374 e. The highest BCUT2D eigenvalue weighted by molar-refractivity contribution is 7.88. The number of fused-ring (bicyclic) bond motifs is 1. The lowest BCUT2D eigenvalue weighted by atomic mass is 9.96. The number of hydrogen-bond acceptors (Lipinski definition) is 4. The molecule has 7 heteroatoms. The Balaban J connectivity index is 1.67. The molecule has 5 nitrogen and oxygen atoms in total. The van der Waals surface area contributed by atoms with Crippen LogP contribution in [0.5, 0.6) is 0 Å². The first-order valence-electron chi connectivity index (χ1n) is 9.01. The van der Waals surface area contributed by atoms with E-state index in [-0.39, 0.29) is 0 Å². The molecule has 3 rings (SSSR count). The fourth-order valence-electron chi connectivity index (χ4n) is 4.02. The van der Waals surface area contributed by atoms with Gasteiger partial charge in [0.2, 0.25) is 10.0 Å². The third-order valence-electron chi connectivity index (χ3n) is 5.45. The van der Waals surface area contributed by atoms with Crippen molar-refractivity contribution >= 4 is 27.3 Å². The molecule has 1 fully saturated rings. The number of anilines is 1. The minimum atomic E-state index is -3.18. The Bertz CT molecular complexity index is 704. The van der Waals surface area contributed by atoms with E-state index in [0.29, 0.717) is 24.9 Å². The van der Waals surface area contributed by atoms with Crippen LogP contribution < -0.4 is 10.2 Å². The number of nitrogens with one attached hydrogen (secondary N) is 1. The standard InChI is InChI=1S/C18H28ClN3O2S/c1-21-13-15(17-11-16(19)3-4-18(17)21)7-10-22(25(2,23)24)12-14-5-8-20-9-6-14/h3-4,11,14-15,20H,5-10,12-13H2,1-2H3. The Morgan fingerprint density at radius 3 is 2.72 bits per heavy atom. The molecule has 1 N–H and O–H groups in total. The molecule has 1 aromatic rings. The van der Waals surface area contributed by atoms with E-state index in [0.717, 1.165) is 43.9 Å². The number of nitrogens with zero attached hydrogens (tertiary/aromatic N) is 2. The molecule has 1 saturated heterocycles. The van der Waals surface area contributed by atoms with E-state index in [1.165, 1.54) is 17.5 Å². The number of rotatable bonds is 6. The average molecular weight is 386 g/mol. The van der Waals surface area contributed by atoms with Gasteiger partial charge in [-0.15, -0.1) is 0 Å². The van der Waals surface area contributed by atoms with Crippen LogP contribution in [-0.4, -0.2) is 58.8 Å². The monoisotopic (exact) mass is 385 g/mol. The maximum Gasteiger partial charge on any atom is 0.211 e. The van der Waals surface area contributed by atoms with Crippen LogP contribution >= 0.6 is 11.6 Å². The maximum atomic E-state index is 12.3. The first-order chi connectivity index (χ1) is 11.8. The Morgan fingerprint density at radius 2 is 2.04 bits per heavy atom. The van der Waals surface area contributed by atoms with Crippen molar-refractivity contribution in [2.75, 3.05) is 50.9 Å². The van der Waals surface area contributed by atoms with Crippen molar-refractivity contribution in [1.82, 2.24) is 9.62 Å². The molecule has 2 aliphatic heterocycles. The second-order valence-corrected chi connectivity index (χ2v) is 9.80. The lowest BCUT2D eigenvalue weighted by Crippen LogP contribution is -2.39. The summed E-state index contributed by atoms with van der Waals surface area (Å²) in [4.78, 5) is 2.23. The summed E-state index contributed by atoms with van der Waals surface area (Å²) >= 11 is 6.17. The molecule has 0 aliphatic carbocycles. The Hall–Kier alpha value is -0.820. The van der Waals surface area contributed by atoms with Gasteiger partial charge in [-0.3, -0.25) is 0 Å². The molecule has 0 radical (unpaired) electrons. The van der Waals surface area contributed by atoms with Crippen LogP contribution in [-0.2, 0) is 10.0 Å². The van der Waals surface area contributed by atoms with Gasteiger partial charge in [0.1, 0.15) is 0 Å². The zero-order valence-corrected chi connectivity index (χ0v) is 16.6. The number of benzene rings is 1. The van der Waals surface area contributed by atoms with Gasteiger partial charge in [0.25, 0.3) is 0 Å². The van der Waals surface area contributed by atoms with Gasteiger partial charge in [-0.05, 0) is 62.0 Å². The minimum absolute atomic E-state index is 0.330. The first-order valence-corrected chi connectivity index (χ1v) is 11.2. The molecule has 0 saturated carbocycles. The van der Waals surface area contributed by atoms with Crippen molar-refractivity contribution in [3.8, 4) is 0 Å². The average Bonchev–Trinajstić information content (AvgIpc) is 2.87. The molecule has 1 unspecified atom stereocenters. The normalized spacial score (nSPS) is 21.8. The predicted octanol–water partition coefficient (Wildman–Crippen LogP) is 2.52. The predicted molar refractivity (Wildman–Crippen MR) is 104 cm³/mol. The number of halogens is 1. The van der Waals surface area contributed by atoms with E-state index in [2.05, 4.69) is 23.3 Å². The molecule has 1 atom stereocenters. The molecular weight excluding hydrogens is 358 g/mol. The maximum absolute atomic E-state index is 12.3. The van der Waals surface area contributed by atoms with E-state index in [4.69, 9.17) is 11.6 Å². The summed E-state index contributed by atoms with van der Waals surface area (Å²) in [5.41, 5.74) is 2.45. The number of sulfonamides is 1. The smallest absolute Gasteiger partial charge is 0.211 e. The van der Waals surface area contributed by atoms with Crippen LogP contribution in [0, 0.1) is 5.92 Å². The quantitative estimate of drug-likeness (QED) is 0.817. The van der Waals surface area contributed by atoms with E-state index in [9.17, 15) is 8.42 Å². The molecule has 1 aromatic carbocycles. The second-order valence-electron chi connectivity index (χ2n) is 7.38. The van der Waals surface area contributed by atoms with Crippen LogP contribution in [0.2, 0.25) is 5.02 Å². The van der Waals surface area contributed by atoms with Gasteiger partial charge in [-0.1, -0.05) is 11.6 Å². The van der Waals surface area contributed by atoms with Crippen molar-refractivity contribution in [3.05, 3.63) is 28.8 Å². The topological polar surface area (TPSA) is 52.6 Å². The fraction of sp³-hybridized carbons (Fsp3) is 0.667. The molecule has 0 amide bonds. The second kappa shape index (κ2) is 7.82. The van der Waals surface area contributed by atoms with Crippen molar-refractivity contribution in [1.29, 1.82) is 0 Å². The lowest BCUT2D eigenvalue weighted by Gasteiger charge is -2.29. The van der Waals surface area contributed by atoms with E-state index >= 15 is 0 Å².